The third kappa shape index (κ3) is 3.13. The summed E-state index contributed by atoms with van der Waals surface area (Å²) in [5.74, 6) is 0. The van der Waals surface area contributed by atoms with E-state index < -0.39 is 0 Å². The van der Waals surface area contributed by atoms with Gasteiger partial charge in [-0.05, 0) is 41.1 Å². The first-order valence-electron chi connectivity index (χ1n) is 7.02. The average Bonchev–Trinajstić information content (AvgIpc) is 3.00. The average molecular weight is 298 g/mol. The lowest BCUT2D eigenvalue weighted by Gasteiger charge is -2.15. The van der Waals surface area contributed by atoms with Gasteiger partial charge in [0.05, 0.1) is 16.8 Å². The molecule has 1 atom stereocenters. The van der Waals surface area contributed by atoms with Crippen LogP contribution in [0.1, 0.15) is 29.7 Å². The van der Waals surface area contributed by atoms with Gasteiger partial charge in [0.2, 0.25) is 0 Å². The van der Waals surface area contributed by atoms with Gasteiger partial charge in [-0.25, -0.2) is 0 Å². The van der Waals surface area contributed by atoms with E-state index >= 15 is 0 Å². The van der Waals surface area contributed by atoms with Crippen molar-refractivity contribution < 1.29 is 5.11 Å². The highest BCUT2D eigenvalue weighted by Gasteiger charge is 2.08. The van der Waals surface area contributed by atoms with Gasteiger partial charge < -0.3 is 10.4 Å². The summed E-state index contributed by atoms with van der Waals surface area (Å²) in [7, 11) is 0. The van der Waals surface area contributed by atoms with Gasteiger partial charge in [0.15, 0.2) is 0 Å². The molecule has 108 valence electrons. The van der Waals surface area contributed by atoms with Crippen molar-refractivity contribution in [2.24, 2.45) is 0 Å². The Bertz CT molecular complexity index is 738. The molecule has 0 aliphatic rings. The highest BCUT2D eigenvalue weighted by Crippen LogP contribution is 2.23. The lowest BCUT2D eigenvalue weighted by atomic mass is 10.1. The molecule has 0 bridgehead atoms. The summed E-state index contributed by atoms with van der Waals surface area (Å²) >= 11 is 1.72. The van der Waals surface area contributed by atoms with Crippen molar-refractivity contribution in [3.05, 3.63) is 64.7 Å². The Hall–Kier alpha value is -1.75. The zero-order chi connectivity index (χ0) is 14.7. The summed E-state index contributed by atoms with van der Waals surface area (Å²) in [5, 5.41) is 14.9. The van der Waals surface area contributed by atoms with Crippen LogP contribution in [0.25, 0.3) is 10.2 Å². The van der Waals surface area contributed by atoms with Crippen LogP contribution in [0.3, 0.4) is 0 Å². The lowest BCUT2D eigenvalue weighted by molar-refractivity contribution is 0.280. The number of aliphatic hydroxyl groups excluding tert-OH is 1. The molecular weight excluding hydrogens is 280 g/mol. The monoisotopic (exact) mass is 298 g/mol. The van der Waals surface area contributed by atoms with E-state index in [1.807, 2.05) is 36.5 Å². The molecule has 0 aliphatic heterocycles. The summed E-state index contributed by atoms with van der Waals surface area (Å²) in [6.45, 7) is 2.95. The number of aliphatic hydroxyl groups is 1. The van der Waals surface area contributed by atoms with E-state index in [0.29, 0.717) is 0 Å². The standard InChI is InChI=1S/C17H18N2OS/c1-12(15-8-17-16(19-10-15)6-7-21-17)18-9-13-4-2-3-5-14(13)11-20/h2-8,10,12,18,20H,9,11H2,1H3. The Morgan fingerprint density at radius 3 is 2.86 bits per heavy atom. The molecule has 0 spiro atoms. The second-order valence-electron chi connectivity index (χ2n) is 5.10. The van der Waals surface area contributed by atoms with Crippen molar-refractivity contribution in [1.29, 1.82) is 0 Å². The summed E-state index contributed by atoms with van der Waals surface area (Å²) in [6, 6.07) is 12.4. The quantitative estimate of drug-likeness (QED) is 0.756. The van der Waals surface area contributed by atoms with Crippen LogP contribution in [0, 0.1) is 0 Å². The molecule has 0 fully saturated rings. The third-order valence-corrected chi connectivity index (χ3v) is 4.56. The first-order valence-corrected chi connectivity index (χ1v) is 7.90. The van der Waals surface area contributed by atoms with Gasteiger partial charge in [-0.1, -0.05) is 24.3 Å². The van der Waals surface area contributed by atoms with E-state index in [-0.39, 0.29) is 12.6 Å². The molecule has 3 nitrogen and oxygen atoms in total. The first-order chi connectivity index (χ1) is 10.3. The number of pyridine rings is 1. The fraction of sp³-hybridized carbons (Fsp3) is 0.235. The Kier molecular flexibility index (Phi) is 4.29. The number of nitrogens with one attached hydrogen (secondary N) is 1. The second-order valence-corrected chi connectivity index (χ2v) is 6.05. The van der Waals surface area contributed by atoms with Gasteiger partial charge >= 0.3 is 0 Å². The molecule has 2 N–H and O–H groups in total. The molecule has 4 heteroatoms. The molecule has 0 amide bonds. The van der Waals surface area contributed by atoms with E-state index in [0.717, 1.165) is 23.2 Å². The van der Waals surface area contributed by atoms with E-state index in [2.05, 4.69) is 28.7 Å². The maximum atomic E-state index is 9.36. The van der Waals surface area contributed by atoms with Crippen LogP contribution in [0.2, 0.25) is 0 Å². The molecule has 21 heavy (non-hydrogen) atoms. The zero-order valence-electron chi connectivity index (χ0n) is 11.9. The van der Waals surface area contributed by atoms with Crippen molar-refractivity contribution in [2.45, 2.75) is 26.1 Å². The van der Waals surface area contributed by atoms with Crippen LogP contribution >= 0.6 is 11.3 Å². The summed E-state index contributed by atoms with van der Waals surface area (Å²) in [5.41, 5.74) is 4.36. The number of nitrogens with zero attached hydrogens (tertiary/aromatic N) is 1. The van der Waals surface area contributed by atoms with Gasteiger partial charge in [-0.3, -0.25) is 4.98 Å². The minimum atomic E-state index is 0.0783. The van der Waals surface area contributed by atoms with Crippen molar-refractivity contribution in [2.75, 3.05) is 0 Å². The minimum absolute atomic E-state index is 0.0783. The molecule has 2 heterocycles. The van der Waals surface area contributed by atoms with Crippen molar-refractivity contribution in [3.8, 4) is 0 Å². The molecule has 0 radical (unpaired) electrons. The fourth-order valence-corrected chi connectivity index (χ4v) is 3.15. The van der Waals surface area contributed by atoms with Crippen LogP contribution in [0.15, 0.2) is 48.0 Å². The maximum absolute atomic E-state index is 9.36. The number of rotatable bonds is 5. The van der Waals surface area contributed by atoms with Gasteiger partial charge in [0, 0.05) is 18.8 Å². The summed E-state index contributed by atoms with van der Waals surface area (Å²) in [4.78, 5) is 4.48. The van der Waals surface area contributed by atoms with Crippen LogP contribution in [0.5, 0.6) is 0 Å². The largest absolute Gasteiger partial charge is 0.392 e. The van der Waals surface area contributed by atoms with E-state index in [1.54, 1.807) is 11.3 Å². The number of thiophene rings is 1. The van der Waals surface area contributed by atoms with Crippen molar-refractivity contribution in [3.63, 3.8) is 0 Å². The Balaban J connectivity index is 1.72. The molecule has 0 saturated heterocycles. The zero-order valence-corrected chi connectivity index (χ0v) is 12.7. The van der Waals surface area contributed by atoms with Gasteiger partial charge in [0.1, 0.15) is 0 Å². The van der Waals surface area contributed by atoms with Crippen molar-refractivity contribution >= 4 is 21.6 Å². The SMILES string of the molecule is CC(NCc1ccccc1CO)c1cnc2ccsc2c1. The van der Waals surface area contributed by atoms with Crippen LogP contribution in [-0.4, -0.2) is 10.1 Å². The lowest BCUT2D eigenvalue weighted by Crippen LogP contribution is -2.19. The smallest absolute Gasteiger partial charge is 0.0809 e. The Morgan fingerprint density at radius 2 is 2.05 bits per heavy atom. The predicted octanol–water partition coefficient (Wildman–Crippen LogP) is 3.64. The fourth-order valence-electron chi connectivity index (χ4n) is 2.36. The second kappa shape index (κ2) is 6.35. The summed E-state index contributed by atoms with van der Waals surface area (Å²) in [6.07, 6.45) is 1.94. The van der Waals surface area contributed by atoms with E-state index in [9.17, 15) is 5.11 Å². The van der Waals surface area contributed by atoms with E-state index in [4.69, 9.17) is 0 Å². The molecular formula is C17H18N2OS. The predicted molar refractivity (Wildman–Crippen MR) is 87.2 cm³/mol. The van der Waals surface area contributed by atoms with Crippen LogP contribution in [0.4, 0.5) is 0 Å². The van der Waals surface area contributed by atoms with E-state index in [1.165, 1.54) is 10.3 Å². The Morgan fingerprint density at radius 1 is 1.24 bits per heavy atom. The Labute approximate surface area is 128 Å². The van der Waals surface area contributed by atoms with Gasteiger partial charge in [-0.2, -0.15) is 0 Å². The molecule has 3 aromatic rings. The van der Waals surface area contributed by atoms with Gasteiger partial charge in [0.25, 0.3) is 0 Å². The van der Waals surface area contributed by atoms with Crippen LogP contribution < -0.4 is 5.32 Å². The number of benzene rings is 1. The van der Waals surface area contributed by atoms with Crippen molar-refractivity contribution in [1.82, 2.24) is 10.3 Å². The minimum Gasteiger partial charge on any atom is -0.392 e. The number of fused-ring (bicyclic) bond motifs is 1. The number of hydrogen-bond donors (Lipinski definition) is 2. The molecule has 1 aromatic carbocycles. The maximum Gasteiger partial charge on any atom is 0.0809 e. The van der Waals surface area contributed by atoms with Crippen LogP contribution in [-0.2, 0) is 13.2 Å². The first kappa shape index (κ1) is 14.2. The number of aromatic nitrogens is 1. The molecule has 2 aromatic heterocycles. The molecule has 3 rings (SSSR count). The molecule has 0 aliphatic carbocycles. The normalized spacial score (nSPS) is 12.7. The highest BCUT2D eigenvalue weighted by molar-refractivity contribution is 7.17. The highest BCUT2D eigenvalue weighted by atomic mass is 32.1. The third-order valence-electron chi connectivity index (χ3n) is 3.71. The molecule has 0 saturated carbocycles. The van der Waals surface area contributed by atoms with Gasteiger partial charge in [-0.15, -0.1) is 11.3 Å². The number of hydrogen-bond acceptors (Lipinski definition) is 4. The molecule has 1 unspecified atom stereocenters. The topological polar surface area (TPSA) is 45.1 Å². The summed E-state index contributed by atoms with van der Waals surface area (Å²) < 4.78 is 1.22.